The van der Waals surface area contributed by atoms with Crippen molar-refractivity contribution >= 4 is 17.7 Å². The predicted molar refractivity (Wildman–Crippen MR) is 102 cm³/mol. The summed E-state index contributed by atoms with van der Waals surface area (Å²) in [5.41, 5.74) is 1.30. The van der Waals surface area contributed by atoms with E-state index >= 15 is 0 Å². The number of Topliss-reactive ketones (excluding diaryl/α,β-unsaturated/α-hetero) is 1. The highest BCUT2D eigenvalue weighted by Gasteiger charge is 2.25. The molecule has 1 heterocycles. The normalized spacial score (nSPS) is 11.4. The van der Waals surface area contributed by atoms with Crippen LogP contribution in [0.5, 0.6) is 0 Å². The number of nitrogens with one attached hydrogen (secondary N) is 1. The molecular weight excluding hydrogens is 358 g/mol. The number of furan rings is 1. The molecule has 1 N–H and O–H groups in total. The molecule has 142 valence electrons. The predicted octanol–water partition coefficient (Wildman–Crippen LogP) is 3.05. The summed E-state index contributed by atoms with van der Waals surface area (Å²) in [5.74, 6) is -1.44. The molecule has 0 saturated carbocycles. The van der Waals surface area contributed by atoms with Crippen LogP contribution in [0.4, 0.5) is 0 Å². The molecule has 2 aromatic carbocycles. The van der Waals surface area contributed by atoms with Gasteiger partial charge in [-0.2, -0.15) is 0 Å². The first-order valence-electron chi connectivity index (χ1n) is 8.76. The molecule has 0 aliphatic carbocycles. The molecule has 3 rings (SSSR count). The lowest BCUT2D eigenvalue weighted by Crippen LogP contribution is -2.43. The van der Waals surface area contributed by atoms with Crippen molar-refractivity contribution in [3.05, 3.63) is 95.9 Å². The summed E-state index contributed by atoms with van der Waals surface area (Å²) in [6.45, 7) is -0.398. The average molecular weight is 377 g/mol. The number of ketones is 1. The first-order chi connectivity index (χ1) is 13.6. The summed E-state index contributed by atoms with van der Waals surface area (Å²) < 4.78 is 10.2. The third-order valence-corrected chi connectivity index (χ3v) is 4.06. The van der Waals surface area contributed by atoms with Gasteiger partial charge in [0.1, 0.15) is 6.04 Å². The van der Waals surface area contributed by atoms with Crippen LogP contribution in [0.15, 0.2) is 83.5 Å². The molecular formula is C22H19NO5. The Hall–Kier alpha value is -3.67. The fraction of sp³-hybridized carbons (Fsp3) is 0.136. The van der Waals surface area contributed by atoms with Gasteiger partial charge < -0.3 is 14.5 Å². The number of hydrogen-bond donors (Lipinski definition) is 1. The summed E-state index contributed by atoms with van der Waals surface area (Å²) in [4.78, 5) is 37.0. The van der Waals surface area contributed by atoms with E-state index < -0.39 is 24.5 Å². The number of hydrogen-bond acceptors (Lipinski definition) is 5. The second-order valence-electron chi connectivity index (χ2n) is 6.09. The van der Waals surface area contributed by atoms with Crippen LogP contribution in [-0.2, 0) is 16.0 Å². The largest absolute Gasteiger partial charge is 0.459 e. The zero-order valence-electron chi connectivity index (χ0n) is 15.0. The Morgan fingerprint density at radius 3 is 2.21 bits per heavy atom. The summed E-state index contributed by atoms with van der Waals surface area (Å²) in [5, 5.41) is 2.61. The van der Waals surface area contributed by atoms with Gasteiger partial charge in [-0.3, -0.25) is 9.59 Å². The van der Waals surface area contributed by atoms with E-state index in [0.29, 0.717) is 5.56 Å². The Balaban J connectivity index is 1.67. The molecule has 1 aromatic heterocycles. The maximum Gasteiger partial charge on any atom is 0.329 e. The quantitative estimate of drug-likeness (QED) is 0.482. The van der Waals surface area contributed by atoms with E-state index in [2.05, 4.69) is 5.32 Å². The first kappa shape index (κ1) is 19.1. The van der Waals surface area contributed by atoms with Crippen molar-refractivity contribution in [3.63, 3.8) is 0 Å². The standard InChI is InChI=1S/C22H19NO5/c24-19(17-10-5-2-6-11-17)15-28-22(26)18(14-16-8-3-1-4-9-16)23-21(25)20-12-7-13-27-20/h1-13,18H,14-15H2,(H,23,25). The number of esters is 1. The van der Waals surface area contributed by atoms with E-state index in [1.165, 1.54) is 12.3 Å². The van der Waals surface area contributed by atoms with Crippen LogP contribution in [0.1, 0.15) is 26.5 Å². The first-order valence-corrected chi connectivity index (χ1v) is 8.76. The van der Waals surface area contributed by atoms with Gasteiger partial charge in [-0.15, -0.1) is 0 Å². The summed E-state index contributed by atoms with van der Waals surface area (Å²) in [7, 11) is 0. The summed E-state index contributed by atoms with van der Waals surface area (Å²) in [6, 6.07) is 19.9. The van der Waals surface area contributed by atoms with Crippen LogP contribution in [0.2, 0.25) is 0 Å². The number of rotatable bonds is 8. The second kappa shape index (κ2) is 9.32. The van der Waals surface area contributed by atoms with Crippen LogP contribution in [-0.4, -0.2) is 30.3 Å². The lowest BCUT2D eigenvalue weighted by atomic mass is 10.1. The molecule has 0 bridgehead atoms. The van der Waals surface area contributed by atoms with E-state index in [9.17, 15) is 14.4 Å². The molecule has 6 heteroatoms. The van der Waals surface area contributed by atoms with Crippen molar-refractivity contribution in [3.8, 4) is 0 Å². The zero-order valence-corrected chi connectivity index (χ0v) is 15.0. The van der Waals surface area contributed by atoms with Crippen molar-refractivity contribution in [2.45, 2.75) is 12.5 Å². The van der Waals surface area contributed by atoms with Crippen LogP contribution in [0.25, 0.3) is 0 Å². The van der Waals surface area contributed by atoms with E-state index in [4.69, 9.17) is 9.15 Å². The van der Waals surface area contributed by atoms with Gasteiger partial charge in [-0.1, -0.05) is 60.7 Å². The molecule has 28 heavy (non-hydrogen) atoms. The summed E-state index contributed by atoms with van der Waals surface area (Å²) >= 11 is 0. The second-order valence-corrected chi connectivity index (χ2v) is 6.09. The summed E-state index contributed by atoms with van der Waals surface area (Å²) in [6.07, 6.45) is 1.60. The fourth-order valence-corrected chi connectivity index (χ4v) is 2.62. The van der Waals surface area contributed by atoms with Gasteiger partial charge in [0.2, 0.25) is 0 Å². The highest BCUT2D eigenvalue weighted by atomic mass is 16.5. The highest BCUT2D eigenvalue weighted by Crippen LogP contribution is 2.08. The molecule has 0 aliphatic rings. The van der Waals surface area contributed by atoms with Crippen LogP contribution in [0.3, 0.4) is 0 Å². The monoisotopic (exact) mass is 377 g/mol. The number of carbonyl (C=O) groups is 3. The van der Waals surface area contributed by atoms with Gasteiger partial charge in [0.05, 0.1) is 6.26 Å². The Labute approximate surface area is 162 Å². The molecule has 1 amide bonds. The van der Waals surface area contributed by atoms with E-state index in [1.807, 2.05) is 30.3 Å². The highest BCUT2D eigenvalue weighted by molar-refractivity contribution is 5.98. The third kappa shape index (κ3) is 5.17. The van der Waals surface area contributed by atoms with Crippen LogP contribution >= 0.6 is 0 Å². The fourth-order valence-electron chi connectivity index (χ4n) is 2.62. The molecule has 1 unspecified atom stereocenters. The van der Waals surface area contributed by atoms with Crippen molar-refractivity contribution in [2.75, 3.05) is 6.61 Å². The molecule has 0 aliphatic heterocycles. The van der Waals surface area contributed by atoms with Crippen LogP contribution < -0.4 is 5.32 Å². The van der Waals surface area contributed by atoms with Gasteiger partial charge in [-0.05, 0) is 17.7 Å². The Morgan fingerprint density at radius 2 is 1.57 bits per heavy atom. The maximum atomic E-state index is 12.6. The Morgan fingerprint density at radius 1 is 0.893 bits per heavy atom. The minimum Gasteiger partial charge on any atom is -0.459 e. The Bertz CT molecular complexity index is 920. The molecule has 3 aromatic rings. The molecule has 1 atom stereocenters. The molecule has 6 nitrogen and oxygen atoms in total. The zero-order chi connectivity index (χ0) is 19.8. The average Bonchev–Trinajstić information content (AvgIpc) is 3.28. The van der Waals surface area contributed by atoms with Crippen LogP contribution in [0, 0.1) is 0 Å². The molecule has 0 spiro atoms. The van der Waals surface area contributed by atoms with Crippen molar-refractivity contribution in [2.24, 2.45) is 0 Å². The van der Waals surface area contributed by atoms with Crippen molar-refractivity contribution in [1.82, 2.24) is 5.32 Å². The number of ether oxygens (including phenoxy) is 1. The van der Waals surface area contributed by atoms with E-state index in [-0.39, 0.29) is 18.0 Å². The number of amides is 1. The molecule has 0 saturated heterocycles. The minimum atomic E-state index is -0.955. The lowest BCUT2D eigenvalue weighted by molar-refractivity contribution is -0.144. The topological polar surface area (TPSA) is 85.6 Å². The van der Waals surface area contributed by atoms with Gasteiger partial charge in [-0.25, -0.2) is 4.79 Å². The van der Waals surface area contributed by atoms with E-state index in [1.54, 1.807) is 36.4 Å². The van der Waals surface area contributed by atoms with Crippen molar-refractivity contribution in [1.29, 1.82) is 0 Å². The number of carbonyl (C=O) groups excluding carboxylic acids is 3. The molecule has 0 radical (unpaired) electrons. The maximum absolute atomic E-state index is 12.6. The number of benzene rings is 2. The van der Waals surface area contributed by atoms with E-state index in [0.717, 1.165) is 5.56 Å². The van der Waals surface area contributed by atoms with Gasteiger partial charge in [0.15, 0.2) is 18.2 Å². The van der Waals surface area contributed by atoms with Crippen molar-refractivity contribution < 1.29 is 23.5 Å². The van der Waals surface area contributed by atoms with Gasteiger partial charge in [0.25, 0.3) is 5.91 Å². The third-order valence-electron chi connectivity index (χ3n) is 4.06. The smallest absolute Gasteiger partial charge is 0.329 e. The molecule has 0 fully saturated rings. The minimum absolute atomic E-state index is 0.0891. The lowest BCUT2D eigenvalue weighted by Gasteiger charge is -2.17. The Kier molecular flexibility index (Phi) is 6.36. The SMILES string of the molecule is O=C(COC(=O)C(Cc1ccccc1)NC(=O)c1ccco1)c1ccccc1. The van der Waals surface area contributed by atoms with Gasteiger partial charge >= 0.3 is 5.97 Å². The van der Waals surface area contributed by atoms with Gasteiger partial charge in [0, 0.05) is 12.0 Å².